The average molecular weight is 640 g/mol. The lowest BCUT2D eigenvalue weighted by Gasteiger charge is -2.13. The lowest BCUT2D eigenvalue weighted by atomic mass is 9.92. The maximum absolute atomic E-state index is 3.73. The van der Waals surface area contributed by atoms with Crippen molar-refractivity contribution in [2.24, 2.45) is 0 Å². The van der Waals surface area contributed by atoms with Gasteiger partial charge >= 0.3 is 0 Å². The van der Waals surface area contributed by atoms with Crippen molar-refractivity contribution in [3.63, 3.8) is 0 Å². The van der Waals surface area contributed by atoms with Gasteiger partial charge in [-0.3, -0.25) is 0 Å². The van der Waals surface area contributed by atoms with E-state index in [4.69, 9.17) is 0 Å². The lowest BCUT2D eigenvalue weighted by Crippen LogP contribution is -1.88. The first kappa shape index (κ1) is 26.1. The number of nitrogens with one attached hydrogen (secondary N) is 2. The SMILES string of the molecule is Brc1ccc(-c2ccc(-c3cccc4c3[nH]c3ccccc34)cc2)c(-c2ccc(-c3cccc4c3[nH]c3ccccc34)cc2)c1. The van der Waals surface area contributed by atoms with Gasteiger partial charge in [-0.1, -0.05) is 143 Å². The molecule has 0 aliphatic carbocycles. The Labute approximate surface area is 269 Å². The monoisotopic (exact) mass is 638 g/mol. The number of benzene rings is 7. The van der Waals surface area contributed by atoms with E-state index < -0.39 is 0 Å². The predicted octanol–water partition coefficient (Wildman–Crippen LogP) is 12.4. The second-order valence-electron chi connectivity index (χ2n) is 11.6. The van der Waals surface area contributed by atoms with E-state index >= 15 is 0 Å². The zero-order valence-corrected chi connectivity index (χ0v) is 25.9. The van der Waals surface area contributed by atoms with E-state index in [1.165, 1.54) is 88.1 Å². The summed E-state index contributed by atoms with van der Waals surface area (Å²) in [5.74, 6) is 0. The van der Waals surface area contributed by atoms with Crippen LogP contribution in [0.4, 0.5) is 0 Å². The fourth-order valence-corrected chi connectivity index (χ4v) is 7.25. The molecule has 212 valence electrons. The molecule has 0 bridgehead atoms. The molecule has 7 aromatic carbocycles. The van der Waals surface area contributed by atoms with Crippen molar-refractivity contribution in [1.29, 1.82) is 0 Å². The minimum Gasteiger partial charge on any atom is -0.354 e. The Kier molecular flexibility index (Phi) is 6.00. The summed E-state index contributed by atoms with van der Waals surface area (Å²) in [7, 11) is 0. The van der Waals surface area contributed by atoms with Crippen LogP contribution in [0.5, 0.6) is 0 Å². The first-order chi connectivity index (χ1) is 22.2. The average Bonchev–Trinajstić information content (AvgIpc) is 3.67. The number of rotatable bonds is 4. The molecule has 0 fully saturated rings. The molecule has 2 N–H and O–H groups in total. The fraction of sp³-hybridized carbons (Fsp3) is 0. The molecule has 2 nitrogen and oxygen atoms in total. The van der Waals surface area contributed by atoms with Crippen molar-refractivity contribution in [2.45, 2.75) is 0 Å². The number of hydrogen-bond acceptors (Lipinski definition) is 0. The first-order valence-corrected chi connectivity index (χ1v) is 16.0. The number of para-hydroxylation sites is 4. The van der Waals surface area contributed by atoms with Crippen LogP contribution in [0.2, 0.25) is 0 Å². The fourth-order valence-electron chi connectivity index (χ4n) is 6.89. The Morgan fingerprint density at radius 2 is 0.756 bits per heavy atom. The maximum Gasteiger partial charge on any atom is 0.0544 e. The molecule has 0 saturated heterocycles. The van der Waals surface area contributed by atoms with E-state index in [9.17, 15) is 0 Å². The Bertz CT molecular complexity index is 2530. The molecular formula is C42H27BrN2. The predicted molar refractivity (Wildman–Crippen MR) is 195 cm³/mol. The Balaban J connectivity index is 1.09. The molecule has 0 unspecified atom stereocenters. The van der Waals surface area contributed by atoms with Crippen molar-refractivity contribution >= 4 is 59.5 Å². The normalized spacial score (nSPS) is 11.7. The summed E-state index contributed by atoms with van der Waals surface area (Å²) in [5, 5.41) is 5.03. The van der Waals surface area contributed by atoms with Crippen LogP contribution in [-0.4, -0.2) is 9.97 Å². The molecule has 9 aromatic rings. The molecule has 3 heteroatoms. The van der Waals surface area contributed by atoms with Crippen LogP contribution in [0.1, 0.15) is 0 Å². The number of aromatic nitrogens is 2. The highest BCUT2D eigenvalue weighted by molar-refractivity contribution is 9.10. The number of H-pyrrole nitrogens is 2. The van der Waals surface area contributed by atoms with Crippen molar-refractivity contribution in [3.05, 3.63) is 156 Å². The van der Waals surface area contributed by atoms with Gasteiger partial charge in [-0.2, -0.15) is 0 Å². The number of fused-ring (bicyclic) bond motifs is 6. The quantitative estimate of drug-likeness (QED) is 0.192. The summed E-state index contributed by atoms with van der Waals surface area (Å²) in [4.78, 5) is 7.31. The molecule has 9 rings (SSSR count). The number of hydrogen-bond donors (Lipinski definition) is 2. The van der Waals surface area contributed by atoms with Gasteiger partial charge in [0.15, 0.2) is 0 Å². The number of halogens is 1. The van der Waals surface area contributed by atoms with Crippen LogP contribution < -0.4 is 0 Å². The third kappa shape index (κ3) is 4.31. The molecule has 0 radical (unpaired) electrons. The van der Waals surface area contributed by atoms with Gasteiger partial charge in [0.05, 0.1) is 11.0 Å². The Morgan fingerprint density at radius 3 is 1.27 bits per heavy atom. The van der Waals surface area contributed by atoms with E-state index in [1.54, 1.807) is 0 Å². The van der Waals surface area contributed by atoms with Gasteiger partial charge in [-0.05, 0) is 57.6 Å². The van der Waals surface area contributed by atoms with Crippen molar-refractivity contribution in [2.75, 3.05) is 0 Å². The molecule has 0 amide bonds. The van der Waals surface area contributed by atoms with E-state index in [1.807, 2.05) is 0 Å². The Hall–Kier alpha value is -5.38. The van der Waals surface area contributed by atoms with Crippen molar-refractivity contribution in [1.82, 2.24) is 9.97 Å². The summed E-state index contributed by atoms with van der Waals surface area (Å²) in [6.07, 6.45) is 0. The zero-order valence-electron chi connectivity index (χ0n) is 24.3. The summed E-state index contributed by atoms with van der Waals surface area (Å²) in [6.45, 7) is 0. The third-order valence-corrected chi connectivity index (χ3v) is 9.57. The molecule has 0 atom stereocenters. The topological polar surface area (TPSA) is 31.6 Å². The molecule has 45 heavy (non-hydrogen) atoms. The van der Waals surface area contributed by atoms with E-state index in [-0.39, 0.29) is 0 Å². The highest BCUT2D eigenvalue weighted by Crippen LogP contribution is 2.39. The highest BCUT2D eigenvalue weighted by Gasteiger charge is 2.14. The van der Waals surface area contributed by atoms with Crippen LogP contribution in [0.25, 0.3) is 88.1 Å². The van der Waals surface area contributed by atoms with E-state index in [2.05, 4.69) is 178 Å². The van der Waals surface area contributed by atoms with Gasteiger partial charge in [0.25, 0.3) is 0 Å². The molecule has 0 aliphatic heterocycles. The standard InChI is InChI=1S/C42H27BrN2/c43-30-23-24-31(26-15-17-27(18-16-26)32-9-5-11-36-34-7-1-3-13-39(34)44-41(32)36)38(25-30)29-21-19-28(20-22-29)33-10-6-12-37-35-8-2-4-14-40(35)45-42(33)37/h1-25,44-45H. The molecule has 0 aliphatic rings. The molecule has 2 aromatic heterocycles. The second kappa shape index (κ2) is 10.4. The maximum atomic E-state index is 3.73. The van der Waals surface area contributed by atoms with Gasteiger partial charge < -0.3 is 9.97 Å². The second-order valence-corrected chi connectivity index (χ2v) is 12.6. The number of aromatic amines is 2. The van der Waals surface area contributed by atoms with E-state index in [0.29, 0.717) is 0 Å². The molecule has 0 spiro atoms. The summed E-state index contributed by atoms with van der Waals surface area (Å²) in [5.41, 5.74) is 14.3. The highest BCUT2D eigenvalue weighted by atomic mass is 79.9. The third-order valence-electron chi connectivity index (χ3n) is 9.08. The summed E-state index contributed by atoms with van der Waals surface area (Å²) in [6, 6.07) is 54.6. The van der Waals surface area contributed by atoms with Crippen LogP contribution in [0.15, 0.2) is 156 Å². The van der Waals surface area contributed by atoms with Gasteiger partial charge in [0.1, 0.15) is 0 Å². The minimum atomic E-state index is 1.07. The minimum absolute atomic E-state index is 1.07. The van der Waals surface area contributed by atoms with Crippen LogP contribution in [0.3, 0.4) is 0 Å². The summed E-state index contributed by atoms with van der Waals surface area (Å²) < 4.78 is 1.07. The largest absolute Gasteiger partial charge is 0.354 e. The Morgan fingerprint density at radius 1 is 0.333 bits per heavy atom. The summed E-state index contributed by atoms with van der Waals surface area (Å²) >= 11 is 3.73. The zero-order chi connectivity index (χ0) is 29.9. The van der Waals surface area contributed by atoms with Gasteiger partial charge in [0, 0.05) is 48.2 Å². The lowest BCUT2D eigenvalue weighted by molar-refractivity contribution is 1.52. The molecule has 0 saturated carbocycles. The van der Waals surface area contributed by atoms with E-state index in [0.717, 1.165) is 4.47 Å². The molecular weight excluding hydrogens is 612 g/mol. The van der Waals surface area contributed by atoms with Crippen LogP contribution in [0, 0.1) is 0 Å². The van der Waals surface area contributed by atoms with Crippen molar-refractivity contribution < 1.29 is 0 Å². The molecule has 2 heterocycles. The van der Waals surface area contributed by atoms with Crippen LogP contribution >= 0.6 is 15.9 Å². The van der Waals surface area contributed by atoms with Gasteiger partial charge in [-0.25, -0.2) is 0 Å². The van der Waals surface area contributed by atoms with Gasteiger partial charge in [0.2, 0.25) is 0 Å². The van der Waals surface area contributed by atoms with Crippen molar-refractivity contribution in [3.8, 4) is 44.5 Å². The van der Waals surface area contributed by atoms with Gasteiger partial charge in [-0.15, -0.1) is 0 Å². The smallest absolute Gasteiger partial charge is 0.0544 e. The van der Waals surface area contributed by atoms with Crippen LogP contribution in [-0.2, 0) is 0 Å². The first-order valence-electron chi connectivity index (χ1n) is 15.2.